The first-order valence-electron chi connectivity index (χ1n) is 7.88. The van der Waals surface area contributed by atoms with Crippen molar-refractivity contribution in [2.45, 2.75) is 27.3 Å². The van der Waals surface area contributed by atoms with Gasteiger partial charge in [0.2, 0.25) is 0 Å². The molecule has 0 aliphatic rings. The van der Waals surface area contributed by atoms with E-state index in [0.717, 1.165) is 23.9 Å². The van der Waals surface area contributed by atoms with Crippen LogP contribution >= 0.6 is 0 Å². The fourth-order valence-electron chi connectivity index (χ4n) is 2.36. The van der Waals surface area contributed by atoms with E-state index in [1.54, 1.807) is 6.07 Å². The number of nitrogens with zero attached hydrogens (tertiary/aromatic N) is 1. The molecular weight excluding hydrogens is 285 g/mol. The van der Waals surface area contributed by atoms with Crippen molar-refractivity contribution in [2.75, 3.05) is 13.6 Å². The summed E-state index contributed by atoms with van der Waals surface area (Å²) in [4.78, 5) is 2.22. The Labute approximate surface area is 138 Å². The maximum absolute atomic E-state index is 13.3. The molecule has 0 aliphatic heterocycles. The van der Waals surface area contributed by atoms with Crippen LogP contribution in [-0.4, -0.2) is 18.5 Å². The molecule has 2 aromatic carbocycles. The average Bonchev–Trinajstić information content (AvgIpc) is 2.45. The Morgan fingerprint density at radius 3 is 2.70 bits per heavy atom. The summed E-state index contributed by atoms with van der Waals surface area (Å²) >= 11 is 0. The van der Waals surface area contributed by atoms with Crippen molar-refractivity contribution in [3.8, 4) is 11.8 Å². The molecule has 2 heteroatoms. The lowest BCUT2D eigenvalue weighted by Gasteiger charge is -2.16. The molecule has 0 atom stereocenters. The van der Waals surface area contributed by atoms with Gasteiger partial charge in [0.05, 0.1) is 0 Å². The van der Waals surface area contributed by atoms with Gasteiger partial charge in [-0.05, 0) is 62.4 Å². The predicted molar refractivity (Wildman–Crippen MR) is 96.6 cm³/mol. The van der Waals surface area contributed by atoms with Crippen LogP contribution in [0, 0.1) is 23.1 Å². The molecule has 2 aromatic rings. The molecule has 0 aliphatic carbocycles. The van der Waals surface area contributed by atoms with Gasteiger partial charge in [-0.15, -0.1) is 0 Å². The summed E-state index contributed by atoms with van der Waals surface area (Å²) in [6.07, 6.45) is 3.99. The van der Waals surface area contributed by atoms with E-state index in [0.29, 0.717) is 0 Å². The van der Waals surface area contributed by atoms with Crippen molar-refractivity contribution in [1.29, 1.82) is 0 Å². The topological polar surface area (TPSA) is 3.24 Å². The molecule has 0 unspecified atom stereocenters. The minimum absolute atomic E-state index is 0.0362. The SMILES string of the molecule is CN(C/C=C/C#CC(C)(C)C)Cc1cccc2cc(F)ccc12. The summed E-state index contributed by atoms with van der Waals surface area (Å²) in [5, 5.41) is 2.06. The third-order valence-electron chi connectivity index (χ3n) is 3.44. The molecule has 23 heavy (non-hydrogen) atoms. The van der Waals surface area contributed by atoms with E-state index in [9.17, 15) is 4.39 Å². The number of rotatable bonds is 4. The number of hydrogen-bond donors (Lipinski definition) is 0. The zero-order valence-electron chi connectivity index (χ0n) is 14.4. The van der Waals surface area contributed by atoms with Crippen LogP contribution in [0.1, 0.15) is 26.3 Å². The molecule has 0 spiro atoms. The van der Waals surface area contributed by atoms with E-state index < -0.39 is 0 Å². The van der Waals surface area contributed by atoms with Crippen molar-refractivity contribution in [3.05, 3.63) is 59.9 Å². The third-order valence-corrected chi connectivity index (χ3v) is 3.44. The normalized spacial score (nSPS) is 11.9. The van der Waals surface area contributed by atoms with Crippen LogP contribution in [0.25, 0.3) is 10.8 Å². The van der Waals surface area contributed by atoms with E-state index in [1.807, 2.05) is 24.3 Å². The van der Waals surface area contributed by atoms with E-state index in [4.69, 9.17) is 0 Å². The van der Waals surface area contributed by atoms with E-state index in [2.05, 4.69) is 56.7 Å². The quantitative estimate of drug-likeness (QED) is 0.717. The first kappa shape index (κ1) is 17.2. The monoisotopic (exact) mass is 309 g/mol. The summed E-state index contributed by atoms with van der Waals surface area (Å²) in [5.41, 5.74) is 1.24. The molecule has 2 rings (SSSR count). The highest BCUT2D eigenvalue weighted by Gasteiger charge is 2.05. The summed E-state index contributed by atoms with van der Waals surface area (Å²) in [6.45, 7) is 7.95. The van der Waals surface area contributed by atoms with Gasteiger partial charge in [-0.25, -0.2) is 4.39 Å². The molecule has 0 aromatic heterocycles. The highest BCUT2D eigenvalue weighted by Crippen LogP contribution is 2.21. The van der Waals surface area contributed by atoms with Crippen LogP contribution < -0.4 is 0 Å². The first-order valence-corrected chi connectivity index (χ1v) is 7.88. The van der Waals surface area contributed by atoms with Crippen LogP contribution in [0.4, 0.5) is 4.39 Å². The van der Waals surface area contributed by atoms with Gasteiger partial charge in [0.15, 0.2) is 0 Å². The molecule has 0 saturated heterocycles. The van der Waals surface area contributed by atoms with Crippen LogP contribution in [-0.2, 0) is 6.54 Å². The molecule has 120 valence electrons. The van der Waals surface area contributed by atoms with E-state index in [1.165, 1.54) is 11.6 Å². The van der Waals surface area contributed by atoms with Crippen molar-refractivity contribution in [3.63, 3.8) is 0 Å². The summed E-state index contributed by atoms with van der Waals surface area (Å²) < 4.78 is 13.3. The smallest absolute Gasteiger partial charge is 0.123 e. The van der Waals surface area contributed by atoms with Crippen LogP contribution in [0.15, 0.2) is 48.6 Å². The first-order chi connectivity index (χ1) is 10.8. The standard InChI is InChI=1S/C21H24FN/c1-21(2,3)13-6-5-7-14-23(4)16-18-10-8-9-17-15-19(22)11-12-20(17)18/h5,7-12,15H,14,16H2,1-4H3/b7-5+. The van der Waals surface area contributed by atoms with Gasteiger partial charge in [-0.1, -0.05) is 42.2 Å². The number of fused-ring (bicyclic) bond motifs is 1. The van der Waals surface area contributed by atoms with Gasteiger partial charge in [-0.2, -0.15) is 0 Å². The fourth-order valence-corrected chi connectivity index (χ4v) is 2.36. The highest BCUT2D eigenvalue weighted by molar-refractivity contribution is 5.85. The number of hydrogen-bond acceptors (Lipinski definition) is 1. The van der Waals surface area contributed by atoms with Crippen LogP contribution in [0.3, 0.4) is 0 Å². The lowest BCUT2D eigenvalue weighted by atomic mass is 9.98. The van der Waals surface area contributed by atoms with Crippen molar-refractivity contribution >= 4 is 10.8 Å². The van der Waals surface area contributed by atoms with Crippen molar-refractivity contribution in [2.24, 2.45) is 5.41 Å². The minimum Gasteiger partial charge on any atom is -0.298 e. The van der Waals surface area contributed by atoms with Gasteiger partial charge in [0.1, 0.15) is 5.82 Å². The molecular formula is C21H24FN. The van der Waals surface area contributed by atoms with Gasteiger partial charge >= 0.3 is 0 Å². The molecule has 1 nitrogen and oxygen atoms in total. The maximum Gasteiger partial charge on any atom is 0.123 e. The summed E-state index contributed by atoms with van der Waals surface area (Å²) in [6, 6.07) is 11.0. The Morgan fingerprint density at radius 1 is 1.17 bits per heavy atom. The Morgan fingerprint density at radius 2 is 1.96 bits per heavy atom. The Kier molecular flexibility index (Phi) is 5.58. The summed E-state index contributed by atoms with van der Waals surface area (Å²) in [7, 11) is 2.07. The predicted octanol–water partition coefficient (Wildman–Crippen LogP) is 5.02. The van der Waals surface area contributed by atoms with Gasteiger partial charge < -0.3 is 0 Å². The van der Waals surface area contributed by atoms with Crippen molar-refractivity contribution in [1.82, 2.24) is 4.90 Å². The van der Waals surface area contributed by atoms with Gasteiger partial charge in [0, 0.05) is 18.5 Å². The van der Waals surface area contributed by atoms with Gasteiger partial charge in [-0.3, -0.25) is 4.90 Å². The number of allylic oxidation sites excluding steroid dienone is 1. The van der Waals surface area contributed by atoms with E-state index >= 15 is 0 Å². The largest absolute Gasteiger partial charge is 0.298 e. The Bertz CT molecular complexity index is 757. The third kappa shape index (κ3) is 5.54. The van der Waals surface area contributed by atoms with Crippen LogP contribution in [0.5, 0.6) is 0 Å². The Balaban J connectivity index is 2.02. The lowest BCUT2D eigenvalue weighted by molar-refractivity contribution is 0.365. The van der Waals surface area contributed by atoms with Crippen molar-refractivity contribution < 1.29 is 4.39 Å². The molecule has 0 bridgehead atoms. The zero-order valence-corrected chi connectivity index (χ0v) is 14.4. The summed E-state index contributed by atoms with van der Waals surface area (Å²) in [5.74, 6) is 6.07. The molecule has 0 radical (unpaired) electrons. The second-order valence-electron chi connectivity index (χ2n) is 6.90. The molecule has 0 amide bonds. The zero-order chi connectivity index (χ0) is 16.9. The second kappa shape index (κ2) is 7.44. The van der Waals surface area contributed by atoms with Crippen LogP contribution in [0.2, 0.25) is 0 Å². The molecule has 0 saturated carbocycles. The number of likely N-dealkylation sites (N-methyl/N-ethyl adjacent to an activating group) is 1. The highest BCUT2D eigenvalue weighted by atomic mass is 19.1. The van der Waals surface area contributed by atoms with Gasteiger partial charge in [0.25, 0.3) is 0 Å². The molecule has 0 N–H and O–H groups in total. The number of benzene rings is 2. The van der Waals surface area contributed by atoms with E-state index in [-0.39, 0.29) is 11.2 Å². The fraction of sp³-hybridized carbons (Fsp3) is 0.333. The molecule has 0 heterocycles. The minimum atomic E-state index is -0.191. The number of halogens is 1. The maximum atomic E-state index is 13.3. The molecule has 0 fully saturated rings. The average molecular weight is 309 g/mol. The lowest BCUT2D eigenvalue weighted by Crippen LogP contribution is -2.17. The Hall–Kier alpha value is -2.11. The second-order valence-corrected chi connectivity index (χ2v) is 6.90.